The lowest BCUT2D eigenvalue weighted by Crippen LogP contribution is -2.24. The van der Waals surface area contributed by atoms with Crippen LogP contribution < -0.4 is 9.47 Å². The van der Waals surface area contributed by atoms with Crippen molar-refractivity contribution in [2.45, 2.75) is 13.0 Å². The molecule has 2 aromatic carbocycles. The monoisotopic (exact) mass is 358 g/mol. The van der Waals surface area contributed by atoms with E-state index in [1.54, 1.807) is 37.3 Å². The SMILES string of the molecule is COC(=O)C(C)Oc1ccc(Oc2cnc3cccc(Cl)c3n2)cc1. The second-order valence-corrected chi connectivity index (χ2v) is 5.58. The van der Waals surface area contributed by atoms with Crippen LogP contribution in [0.1, 0.15) is 6.92 Å². The first kappa shape index (κ1) is 17.0. The largest absolute Gasteiger partial charge is 0.479 e. The van der Waals surface area contributed by atoms with Crippen LogP contribution >= 0.6 is 11.6 Å². The van der Waals surface area contributed by atoms with Gasteiger partial charge < -0.3 is 14.2 Å². The molecule has 1 heterocycles. The summed E-state index contributed by atoms with van der Waals surface area (Å²) in [6.45, 7) is 1.62. The van der Waals surface area contributed by atoms with Gasteiger partial charge >= 0.3 is 5.97 Å². The number of para-hydroxylation sites is 1. The van der Waals surface area contributed by atoms with Crippen LogP contribution in [0.4, 0.5) is 0 Å². The van der Waals surface area contributed by atoms with Gasteiger partial charge in [0, 0.05) is 0 Å². The third-order valence-corrected chi connectivity index (χ3v) is 3.70. The maximum atomic E-state index is 11.4. The maximum absolute atomic E-state index is 11.4. The van der Waals surface area contributed by atoms with Crippen molar-refractivity contribution in [1.29, 1.82) is 0 Å². The van der Waals surface area contributed by atoms with Gasteiger partial charge in [0.1, 0.15) is 17.0 Å². The molecule has 25 heavy (non-hydrogen) atoms. The van der Waals surface area contributed by atoms with Crippen molar-refractivity contribution in [1.82, 2.24) is 9.97 Å². The van der Waals surface area contributed by atoms with E-state index in [-0.39, 0.29) is 0 Å². The van der Waals surface area contributed by atoms with E-state index in [0.717, 1.165) is 0 Å². The van der Waals surface area contributed by atoms with Crippen LogP contribution in [-0.4, -0.2) is 29.2 Å². The topological polar surface area (TPSA) is 70.5 Å². The number of rotatable bonds is 5. The van der Waals surface area contributed by atoms with Gasteiger partial charge in [-0.3, -0.25) is 0 Å². The molecule has 6 nitrogen and oxygen atoms in total. The summed E-state index contributed by atoms with van der Waals surface area (Å²) in [5.41, 5.74) is 1.27. The molecule has 0 spiro atoms. The Labute approximate surface area is 149 Å². The third-order valence-electron chi connectivity index (χ3n) is 3.39. The number of ether oxygens (including phenoxy) is 3. The van der Waals surface area contributed by atoms with Gasteiger partial charge in [0.2, 0.25) is 5.88 Å². The summed E-state index contributed by atoms with van der Waals surface area (Å²) in [4.78, 5) is 20.0. The van der Waals surface area contributed by atoms with Gasteiger partial charge in [-0.2, -0.15) is 0 Å². The Morgan fingerprint density at radius 2 is 1.84 bits per heavy atom. The molecule has 0 bridgehead atoms. The molecule has 128 valence electrons. The van der Waals surface area contributed by atoms with E-state index in [0.29, 0.717) is 33.4 Å². The molecule has 0 aliphatic rings. The molecule has 3 aromatic rings. The Bertz CT molecular complexity index is 899. The van der Waals surface area contributed by atoms with Gasteiger partial charge in [0.15, 0.2) is 6.10 Å². The summed E-state index contributed by atoms with van der Waals surface area (Å²) in [6, 6.07) is 12.2. The number of benzene rings is 2. The molecule has 7 heteroatoms. The number of carbonyl (C=O) groups is 1. The van der Waals surface area contributed by atoms with Crippen molar-refractivity contribution in [3.8, 4) is 17.4 Å². The number of aromatic nitrogens is 2. The zero-order chi connectivity index (χ0) is 17.8. The highest BCUT2D eigenvalue weighted by molar-refractivity contribution is 6.34. The Balaban J connectivity index is 1.73. The molecule has 0 saturated carbocycles. The molecule has 0 saturated heterocycles. The predicted molar refractivity (Wildman–Crippen MR) is 93.2 cm³/mol. The second-order valence-electron chi connectivity index (χ2n) is 5.17. The minimum absolute atomic E-state index is 0.331. The van der Waals surface area contributed by atoms with E-state index in [1.807, 2.05) is 12.1 Å². The molecule has 1 aromatic heterocycles. The van der Waals surface area contributed by atoms with Gasteiger partial charge in [0.25, 0.3) is 0 Å². The molecule has 0 radical (unpaired) electrons. The molecule has 1 unspecified atom stereocenters. The van der Waals surface area contributed by atoms with Crippen LogP contribution in [0.25, 0.3) is 11.0 Å². The molecular formula is C18H15ClN2O4. The first-order chi connectivity index (χ1) is 12.1. The molecule has 0 N–H and O–H groups in total. The molecule has 3 rings (SSSR count). The van der Waals surface area contributed by atoms with E-state index < -0.39 is 12.1 Å². The van der Waals surface area contributed by atoms with Crippen molar-refractivity contribution in [3.05, 3.63) is 53.7 Å². The summed E-state index contributed by atoms with van der Waals surface area (Å²) in [5, 5.41) is 0.510. The van der Waals surface area contributed by atoms with Gasteiger partial charge in [-0.1, -0.05) is 17.7 Å². The van der Waals surface area contributed by atoms with Crippen LogP contribution in [-0.2, 0) is 9.53 Å². The minimum atomic E-state index is -0.690. The number of hydrogen-bond acceptors (Lipinski definition) is 6. The quantitative estimate of drug-likeness (QED) is 0.642. The number of carbonyl (C=O) groups excluding carboxylic acids is 1. The average Bonchev–Trinajstić information content (AvgIpc) is 2.63. The number of fused-ring (bicyclic) bond motifs is 1. The fourth-order valence-corrected chi connectivity index (χ4v) is 2.37. The normalized spacial score (nSPS) is 11.8. The Morgan fingerprint density at radius 3 is 2.56 bits per heavy atom. The van der Waals surface area contributed by atoms with Crippen molar-refractivity contribution < 1.29 is 19.0 Å². The minimum Gasteiger partial charge on any atom is -0.479 e. The highest BCUT2D eigenvalue weighted by Crippen LogP contribution is 2.26. The zero-order valence-corrected chi connectivity index (χ0v) is 14.4. The van der Waals surface area contributed by atoms with Crippen LogP contribution in [0.3, 0.4) is 0 Å². The van der Waals surface area contributed by atoms with Crippen molar-refractivity contribution in [3.63, 3.8) is 0 Å². The van der Waals surface area contributed by atoms with Crippen molar-refractivity contribution >= 4 is 28.6 Å². The molecule has 1 atom stereocenters. The fourth-order valence-electron chi connectivity index (χ4n) is 2.16. The van der Waals surface area contributed by atoms with E-state index >= 15 is 0 Å². The van der Waals surface area contributed by atoms with Crippen LogP contribution in [0, 0.1) is 0 Å². The number of esters is 1. The molecule has 0 aliphatic carbocycles. The van der Waals surface area contributed by atoms with Gasteiger partial charge in [-0.15, -0.1) is 0 Å². The lowest BCUT2D eigenvalue weighted by atomic mass is 10.3. The number of nitrogens with zero attached hydrogens (tertiary/aromatic N) is 2. The van der Waals surface area contributed by atoms with Gasteiger partial charge in [-0.05, 0) is 43.3 Å². The third kappa shape index (κ3) is 3.97. The van der Waals surface area contributed by atoms with E-state index in [9.17, 15) is 4.79 Å². The average molecular weight is 359 g/mol. The Morgan fingerprint density at radius 1 is 1.12 bits per heavy atom. The van der Waals surface area contributed by atoms with Crippen LogP contribution in [0.15, 0.2) is 48.7 Å². The van der Waals surface area contributed by atoms with E-state index in [1.165, 1.54) is 13.3 Å². The molecule has 0 amide bonds. The van der Waals surface area contributed by atoms with Crippen LogP contribution in [0.2, 0.25) is 5.02 Å². The molecular weight excluding hydrogens is 344 g/mol. The highest BCUT2D eigenvalue weighted by atomic mass is 35.5. The smallest absolute Gasteiger partial charge is 0.346 e. The number of halogens is 1. The zero-order valence-electron chi connectivity index (χ0n) is 13.6. The summed E-state index contributed by atoms with van der Waals surface area (Å²) in [6.07, 6.45) is 0.841. The predicted octanol–water partition coefficient (Wildman–Crippen LogP) is 4.02. The molecule has 0 fully saturated rings. The summed E-state index contributed by atoms with van der Waals surface area (Å²) >= 11 is 6.13. The fraction of sp³-hybridized carbons (Fsp3) is 0.167. The highest BCUT2D eigenvalue weighted by Gasteiger charge is 2.14. The van der Waals surface area contributed by atoms with Gasteiger partial charge in [-0.25, -0.2) is 14.8 Å². The molecule has 0 aliphatic heterocycles. The lowest BCUT2D eigenvalue weighted by Gasteiger charge is -2.12. The van der Waals surface area contributed by atoms with Crippen molar-refractivity contribution in [2.75, 3.05) is 7.11 Å². The summed E-state index contributed by atoms with van der Waals surface area (Å²) in [5.74, 6) is 0.970. The lowest BCUT2D eigenvalue weighted by molar-refractivity contribution is -0.147. The van der Waals surface area contributed by atoms with E-state index in [4.69, 9.17) is 21.1 Å². The van der Waals surface area contributed by atoms with Crippen LogP contribution in [0.5, 0.6) is 17.4 Å². The standard InChI is InChI=1S/C18H15ClN2O4/c1-11(18(22)23-2)24-12-6-8-13(9-7-12)25-16-10-20-15-5-3-4-14(19)17(15)21-16/h3-11H,1-2H3. The summed E-state index contributed by atoms with van der Waals surface area (Å²) in [7, 11) is 1.32. The second kappa shape index (κ2) is 7.36. The first-order valence-corrected chi connectivity index (χ1v) is 7.88. The Kier molecular flexibility index (Phi) is 5.00. The summed E-state index contributed by atoms with van der Waals surface area (Å²) < 4.78 is 15.8. The Hall–Kier alpha value is -2.86. The van der Waals surface area contributed by atoms with Crippen molar-refractivity contribution in [2.24, 2.45) is 0 Å². The maximum Gasteiger partial charge on any atom is 0.346 e. The van der Waals surface area contributed by atoms with E-state index in [2.05, 4.69) is 14.7 Å². The number of hydrogen-bond donors (Lipinski definition) is 0. The van der Waals surface area contributed by atoms with Gasteiger partial charge in [0.05, 0.1) is 23.8 Å². The number of methoxy groups -OCH3 is 1. The first-order valence-electron chi connectivity index (χ1n) is 7.50.